The average molecular weight is 227 g/mol. The Morgan fingerprint density at radius 1 is 1.44 bits per heavy atom. The Bertz CT molecular complexity index is 204. The molecule has 0 radical (unpaired) electrons. The fourth-order valence-electron chi connectivity index (χ4n) is 2.69. The third-order valence-electron chi connectivity index (χ3n) is 4.11. The first kappa shape index (κ1) is 12.3. The van der Waals surface area contributed by atoms with Crippen LogP contribution >= 0.6 is 0 Å². The first-order valence-corrected chi connectivity index (χ1v) is 6.64. The third-order valence-corrected chi connectivity index (χ3v) is 4.11. The van der Waals surface area contributed by atoms with Gasteiger partial charge in [0.05, 0.1) is 11.7 Å². The summed E-state index contributed by atoms with van der Waals surface area (Å²) >= 11 is 0. The lowest BCUT2D eigenvalue weighted by molar-refractivity contribution is -0.0712. The molecule has 3 nitrogen and oxygen atoms in total. The van der Waals surface area contributed by atoms with Crippen molar-refractivity contribution < 1.29 is 9.47 Å². The molecule has 1 N–H and O–H groups in total. The second kappa shape index (κ2) is 5.48. The first-order chi connectivity index (χ1) is 7.74. The molecule has 0 amide bonds. The number of methoxy groups -OCH3 is 1. The van der Waals surface area contributed by atoms with Crippen molar-refractivity contribution in [2.24, 2.45) is 0 Å². The number of ether oxygens (including phenoxy) is 2. The summed E-state index contributed by atoms with van der Waals surface area (Å²) in [6.45, 7) is 4.21. The van der Waals surface area contributed by atoms with Gasteiger partial charge in [-0.3, -0.25) is 0 Å². The second-order valence-electron chi connectivity index (χ2n) is 5.39. The molecule has 0 spiro atoms. The van der Waals surface area contributed by atoms with Gasteiger partial charge in [-0.25, -0.2) is 0 Å². The van der Waals surface area contributed by atoms with Crippen molar-refractivity contribution in [2.75, 3.05) is 20.3 Å². The fraction of sp³-hybridized carbons (Fsp3) is 1.00. The Kier molecular flexibility index (Phi) is 4.22. The molecule has 1 saturated carbocycles. The van der Waals surface area contributed by atoms with Crippen LogP contribution in [0.1, 0.15) is 45.4 Å². The van der Waals surface area contributed by atoms with E-state index in [1.54, 1.807) is 0 Å². The summed E-state index contributed by atoms with van der Waals surface area (Å²) in [5.41, 5.74) is 0.144. The van der Waals surface area contributed by atoms with Gasteiger partial charge >= 0.3 is 0 Å². The average Bonchev–Trinajstić information content (AvgIpc) is 2.69. The summed E-state index contributed by atoms with van der Waals surface area (Å²) in [7, 11) is 1.84. The van der Waals surface area contributed by atoms with Gasteiger partial charge in [0.2, 0.25) is 0 Å². The Morgan fingerprint density at radius 3 is 2.75 bits per heavy atom. The highest BCUT2D eigenvalue weighted by Crippen LogP contribution is 2.34. The first-order valence-electron chi connectivity index (χ1n) is 6.64. The van der Waals surface area contributed by atoms with Crippen molar-refractivity contribution in [3.05, 3.63) is 0 Å². The van der Waals surface area contributed by atoms with Crippen LogP contribution < -0.4 is 5.32 Å². The Hall–Kier alpha value is -0.120. The number of rotatable bonds is 6. The number of hydrogen-bond acceptors (Lipinski definition) is 3. The van der Waals surface area contributed by atoms with E-state index in [1.165, 1.54) is 32.1 Å². The molecule has 1 aliphatic carbocycles. The molecular formula is C13H25NO2. The fourth-order valence-corrected chi connectivity index (χ4v) is 2.69. The van der Waals surface area contributed by atoms with Crippen LogP contribution in [-0.4, -0.2) is 38.0 Å². The maximum Gasteiger partial charge on any atom is 0.0802 e. The van der Waals surface area contributed by atoms with E-state index in [0.29, 0.717) is 12.1 Å². The highest BCUT2D eigenvalue weighted by Gasteiger charge is 2.36. The molecule has 0 aromatic rings. The van der Waals surface area contributed by atoms with Crippen LogP contribution in [0.5, 0.6) is 0 Å². The van der Waals surface area contributed by atoms with Gasteiger partial charge in [-0.1, -0.05) is 0 Å². The maximum atomic E-state index is 5.65. The number of nitrogens with one attached hydrogen (secondary N) is 1. The highest BCUT2D eigenvalue weighted by atomic mass is 16.5. The van der Waals surface area contributed by atoms with E-state index in [4.69, 9.17) is 9.47 Å². The van der Waals surface area contributed by atoms with Gasteiger partial charge in [-0.2, -0.15) is 0 Å². The lowest BCUT2D eigenvalue weighted by atomic mass is 9.80. The molecule has 16 heavy (non-hydrogen) atoms. The zero-order chi connectivity index (χ0) is 11.4. The minimum Gasteiger partial charge on any atom is -0.378 e. The van der Waals surface area contributed by atoms with Crippen LogP contribution in [0.2, 0.25) is 0 Å². The molecule has 0 bridgehead atoms. The van der Waals surface area contributed by atoms with E-state index < -0.39 is 0 Å². The topological polar surface area (TPSA) is 30.5 Å². The van der Waals surface area contributed by atoms with Gasteiger partial charge < -0.3 is 14.8 Å². The molecule has 1 aliphatic heterocycles. The zero-order valence-electron chi connectivity index (χ0n) is 10.6. The molecule has 2 unspecified atom stereocenters. The standard InChI is InChI=1S/C13H25NO2/c1-11(9-12-5-3-8-16-12)14-10-13(15-2)6-4-7-13/h11-12,14H,3-10H2,1-2H3. The van der Waals surface area contributed by atoms with Gasteiger partial charge in [-0.05, 0) is 45.4 Å². The van der Waals surface area contributed by atoms with Gasteiger partial charge in [0, 0.05) is 26.3 Å². The SMILES string of the molecule is COC1(CNC(C)CC2CCCO2)CCC1. The second-order valence-corrected chi connectivity index (χ2v) is 5.39. The van der Waals surface area contributed by atoms with Crippen molar-refractivity contribution in [3.63, 3.8) is 0 Å². The molecule has 2 fully saturated rings. The summed E-state index contributed by atoms with van der Waals surface area (Å²) in [6.07, 6.45) is 7.84. The van der Waals surface area contributed by atoms with Crippen molar-refractivity contribution >= 4 is 0 Å². The Morgan fingerprint density at radius 2 is 2.25 bits per heavy atom. The van der Waals surface area contributed by atoms with Crippen LogP contribution in [-0.2, 0) is 9.47 Å². The predicted molar refractivity (Wildman–Crippen MR) is 64.6 cm³/mol. The van der Waals surface area contributed by atoms with Crippen molar-refractivity contribution in [3.8, 4) is 0 Å². The Labute approximate surface area is 98.9 Å². The molecule has 3 heteroatoms. The molecule has 0 aromatic carbocycles. The number of hydrogen-bond donors (Lipinski definition) is 1. The molecule has 1 saturated heterocycles. The quantitative estimate of drug-likeness (QED) is 0.754. The molecule has 1 heterocycles. The van der Waals surface area contributed by atoms with E-state index in [0.717, 1.165) is 19.6 Å². The molecule has 2 aliphatic rings. The minimum atomic E-state index is 0.144. The van der Waals surface area contributed by atoms with Crippen molar-refractivity contribution in [1.82, 2.24) is 5.32 Å². The summed E-state index contributed by atoms with van der Waals surface area (Å²) in [5, 5.41) is 3.60. The monoisotopic (exact) mass is 227 g/mol. The van der Waals surface area contributed by atoms with Crippen LogP contribution in [0.4, 0.5) is 0 Å². The van der Waals surface area contributed by atoms with E-state index >= 15 is 0 Å². The smallest absolute Gasteiger partial charge is 0.0802 e. The van der Waals surface area contributed by atoms with Gasteiger partial charge in [-0.15, -0.1) is 0 Å². The van der Waals surface area contributed by atoms with Crippen LogP contribution in [0, 0.1) is 0 Å². The van der Waals surface area contributed by atoms with Crippen molar-refractivity contribution in [2.45, 2.75) is 63.2 Å². The molecular weight excluding hydrogens is 202 g/mol. The molecule has 2 atom stereocenters. The highest BCUT2D eigenvalue weighted by molar-refractivity contribution is 4.92. The molecule has 2 rings (SSSR count). The van der Waals surface area contributed by atoms with Gasteiger partial charge in [0.15, 0.2) is 0 Å². The van der Waals surface area contributed by atoms with Crippen LogP contribution in [0.15, 0.2) is 0 Å². The summed E-state index contributed by atoms with van der Waals surface area (Å²) < 4.78 is 11.3. The van der Waals surface area contributed by atoms with Gasteiger partial charge in [0.25, 0.3) is 0 Å². The van der Waals surface area contributed by atoms with E-state index in [2.05, 4.69) is 12.2 Å². The summed E-state index contributed by atoms with van der Waals surface area (Å²) in [6, 6.07) is 0.538. The summed E-state index contributed by atoms with van der Waals surface area (Å²) in [5.74, 6) is 0. The third kappa shape index (κ3) is 2.96. The largest absolute Gasteiger partial charge is 0.378 e. The normalized spacial score (nSPS) is 30.0. The minimum absolute atomic E-state index is 0.144. The lowest BCUT2D eigenvalue weighted by Gasteiger charge is -2.41. The molecule has 0 aromatic heterocycles. The van der Waals surface area contributed by atoms with E-state index in [-0.39, 0.29) is 5.60 Å². The molecule has 94 valence electrons. The van der Waals surface area contributed by atoms with Crippen molar-refractivity contribution in [1.29, 1.82) is 0 Å². The van der Waals surface area contributed by atoms with E-state index in [9.17, 15) is 0 Å². The van der Waals surface area contributed by atoms with Gasteiger partial charge in [0.1, 0.15) is 0 Å². The predicted octanol–water partition coefficient (Wildman–Crippen LogP) is 2.10. The summed E-state index contributed by atoms with van der Waals surface area (Å²) in [4.78, 5) is 0. The Balaban J connectivity index is 1.64. The maximum absolute atomic E-state index is 5.65. The lowest BCUT2D eigenvalue weighted by Crippen LogP contribution is -2.50. The van der Waals surface area contributed by atoms with Crippen LogP contribution in [0.25, 0.3) is 0 Å². The zero-order valence-corrected chi connectivity index (χ0v) is 10.6. The van der Waals surface area contributed by atoms with E-state index in [1.807, 2.05) is 7.11 Å². The van der Waals surface area contributed by atoms with Crippen LogP contribution in [0.3, 0.4) is 0 Å².